The number of hydrogen-bond acceptors (Lipinski definition) is 6. The summed E-state index contributed by atoms with van der Waals surface area (Å²) >= 11 is 0. The van der Waals surface area contributed by atoms with Crippen LogP contribution in [0.25, 0.3) is 0 Å². The van der Waals surface area contributed by atoms with Gasteiger partial charge in [0.25, 0.3) is 5.91 Å². The number of esters is 2. The summed E-state index contributed by atoms with van der Waals surface area (Å²) < 4.78 is 11.2. The van der Waals surface area contributed by atoms with E-state index in [9.17, 15) is 14.4 Å². The molecule has 1 N–H and O–H groups in total. The van der Waals surface area contributed by atoms with Gasteiger partial charge in [-0.1, -0.05) is 30.3 Å². The lowest BCUT2D eigenvalue weighted by molar-refractivity contribution is -0.157. The maximum absolute atomic E-state index is 13.0. The van der Waals surface area contributed by atoms with Crippen LogP contribution in [-0.2, 0) is 19.7 Å². The van der Waals surface area contributed by atoms with Gasteiger partial charge in [-0.05, 0) is 56.3 Å². The van der Waals surface area contributed by atoms with Gasteiger partial charge >= 0.3 is 11.9 Å². The van der Waals surface area contributed by atoms with Gasteiger partial charge in [-0.15, -0.1) is 0 Å². The molecule has 1 amide bonds. The molecule has 7 nitrogen and oxygen atoms in total. The third-order valence-corrected chi connectivity index (χ3v) is 7.09. The first-order valence-electron chi connectivity index (χ1n) is 11.8. The molecule has 1 unspecified atom stereocenters. The highest BCUT2D eigenvalue weighted by atomic mass is 16.5. The maximum atomic E-state index is 13.0. The molecule has 0 bridgehead atoms. The summed E-state index contributed by atoms with van der Waals surface area (Å²) in [6.45, 7) is 4.47. The summed E-state index contributed by atoms with van der Waals surface area (Å²) in [5.74, 6) is -0.286. The molecule has 2 aliphatic rings. The number of nitrogens with one attached hydrogen (secondary N) is 1. The minimum absolute atomic E-state index is 0.0487. The Kier molecular flexibility index (Phi) is 7.03. The fourth-order valence-corrected chi connectivity index (χ4v) is 5.70. The summed E-state index contributed by atoms with van der Waals surface area (Å²) in [5.41, 5.74) is 1.30. The van der Waals surface area contributed by atoms with Gasteiger partial charge in [0.1, 0.15) is 11.9 Å². The van der Waals surface area contributed by atoms with Crippen LogP contribution in [0.15, 0.2) is 54.6 Å². The molecule has 0 radical (unpaired) electrons. The summed E-state index contributed by atoms with van der Waals surface area (Å²) in [5, 5.41) is 3.19. The van der Waals surface area contributed by atoms with Crippen LogP contribution in [0.5, 0.6) is 5.75 Å². The fourth-order valence-electron chi connectivity index (χ4n) is 5.70. The van der Waals surface area contributed by atoms with Crippen molar-refractivity contribution >= 4 is 17.8 Å². The molecule has 2 fully saturated rings. The van der Waals surface area contributed by atoms with Gasteiger partial charge in [0.2, 0.25) is 0 Å². The highest BCUT2D eigenvalue weighted by Crippen LogP contribution is 2.50. The number of fused-ring (bicyclic) bond motifs is 1. The molecule has 1 saturated heterocycles. The Hall–Kier alpha value is -3.19. The first-order chi connectivity index (χ1) is 16.3. The van der Waals surface area contributed by atoms with E-state index in [1.54, 1.807) is 18.2 Å². The smallest absolute Gasteiger partial charge is 0.308 e. The van der Waals surface area contributed by atoms with Gasteiger partial charge in [-0.2, -0.15) is 0 Å². The quantitative estimate of drug-likeness (QED) is 0.540. The molecule has 4 rings (SSSR count). The highest BCUT2D eigenvalue weighted by molar-refractivity contribution is 5.94. The molecule has 180 valence electrons. The molecule has 1 aliphatic heterocycles. The van der Waals surface area contributed by atoms with Gasteiger partial charge in [0.05, 0.1) is 0 Å². The van der Waals surface area contributed by atoms with Crippen LogP contribution in [0.1, 0.15) is 49.0 Å². The molecule has 7 heteroatoms. The van der Waals surface area contributed by atoms with Crippen LogP contribution in [-0.4, -0.2) is 55.0 Å². The van der Waals surface area contributed by atoms with Crippen LogP contribution in [0.2, 0.25) is 0 Å². The first-order valence-corrected chi connectivity index (χ1v) is 11.8. The molecule has 0 aromatic heterocycles. The van der Waals surface area contributed by atoms with Crippen molar-refractivity contribution in [3.8, 4) is 5.75 Å². The molecule has 2 aromatic rings. The van der Waals surface area contributed by atoms with Crippen molar-refractivity contribution in [2.75, 3.05) is 20.1 Å². The van der Waals surface area contributed by atoms with E-state index in [2.05, 4.69) is 23.3 Å². The van der Waals surface area contributed by atoms with Crippen LogP contribution in [0.3, 0.4) is 0 Å². The number of amides is 1. The van der Waals surface area contributed by atoms with E-state index in [1.165, 1.54) is 13.8 Å². The SMILES string of the molecule is CC(=O)Oc1cccc([C@@]23CCN(C)C[C@H]2C(OC(C)=O)C[C@@H](NC(=O)c2ccccc2)C3)c1. The largest absolute Gasteiger partial charge is 0.462 e. The molecule has 4 atom stereocenters. The number of ether oxygens (including phenoxy) is 2. The Balaban J connectivity index is 1.71. The number of benzene rings is 2. The Morgan fingerprint density at radius 3 is 2.50 bits per heavy atom. The van der Waals surface area contributed by atoms with Gasteiger partial charge in [0, 0.05) is 49.8 Å². The molecule has 1 saturated carbocycles. The Morgan fingerprint density at radius 2 is 1.79 bits per heavy atom. The second-order valence-corrected chi connectivity index (χ2v) is 9.52. The van der Waals surface area contributed by atoms with Crippen molar-refractivity contribution < 1.29 is 23.9 Å². The molecular formula is C27H32N2O5. The van der Waals surface area contributed by atoms with Crippen molar-refractivity contribution in [3.05, 3.63) is 65.7 Å². The van der Waals surface area contributed by atoms with E-state index in [0.717, 1.165) is 25.1 Å². The number of piperidine rings is 1. The average molecular weight is 465 g/mol. The molecule has 2 aromatic carbocycles. The minimum Gasteiger partial charge on any atom is -0.462 e. The van der Waals surface area contributed by atoms with Crippen LogP contribution in [0, 0.1) is 5.92 Å². The monoisotopic (exact) mass is 464 g/mol. The standard InChI is InChI=1S/C27H32N2O5/c1-18(30)33-23-11-7-10-21(14-23)27-12-13-29(3)17-24(27)25(34-19(2)31)15-22(16-27)28-26(32)20-8-5-4-6-9-20/h4-11,14,22,24-25H,12-13,15-17H2,1-3H3,(H,28,32)/t22-,24+,25?,27+/m1/s1. The minimum atomic E-state index is -0.371. The normalized spacial score (nSPS) is 26.7. The summed E-state index contributed by atoms with van der Waals surface area (Å²) in [6.07, 6.45) is 1.77. The molecule has 0 spiro atoms. The van der Waals surface area contributed by atoms with Gasteiger partial charge in [-0.3, -0.25) is 14.4 Å². The summed E-state index contributed by atoms with van der Waals surface area (Å²) in [4.78, 5) is 38.9. The maximum Gasteiger partial charge on any atom is 0.308 e. The van der Waals surface area contributed by atoms with Gasteiger partial charge < -0.3 is 19.7 Å². The van der Waals surface area contributed by atoms with E-state index in [1.807, 2.05) is 30.3 Å². The van der Waals surface area contributed by atoms with Crippen LogP contribution >= 0.6 is 0 Å². The van der Waals surface area contributed by atoms with Crippen LogP contribution < -0.4 is 10.1 Å². The lowest BCUT2D eigenvalue weighted by atomic mass is 9.57. The second kappa shape index (κ2) is 9.97. The zero-order valence-electron chi connectivity index (χ0n) is 20.0. The van der Waals surface area contributed by atoms with E-state index >= 15 is 0 Å². The average Bonchev–Trinajstić information content (AvgIpc) is 2.79. The van der Waals surface area contributed by atoms with Crippen molar-refractivity contribution in [1.82, 2.24) is 10.2 Å². The lowest BCUT2D eigenvalue weighted by Gasteiger charge is -2.55. The number of likely N-dealkylation sites (tertiary alicyclic amines) is 1. The second-order valence-electron chi connectivity index (χ2n) is 9.52. The topological polar surface area (TPSA) is 84.9 Å². The molecular weight excluding hydrogens is 432 g/mol. The zero-order valence-corrected chi connectivity index (χ0v) is 20.0. The van der Waals surface area contributed by atoms with E-state index < -0.39 is 0 Å². The van der Waals surface area contributed by atoms with Crippen molar-refractivity contribution in [2.24, 2.45) is 5.92 Å². The Bertz CT molecular complexity index is 1060. The number of hydrogen-bond donors (Lipinski definition) is 1. The van der Waals surface area contributed by atoms with Crippen molar-refractivity contribution in [2.45, 2.75) is 50.7 Å². The number of rotatable bonds is 5. The highest BCUT2D eigenvalue weighted by Gasteiger charge is 2.53. The Labute approximate surface area is 200 Å². The molecule has 1 aliphatic carbocycles. The fraction of sp³-hybridized carbons (Fsp3) is 0.444. The first kappa shape index (κ1) is 24.0. The van der Waals surface area contributed by atoms with Crippen LogP contribution in [0.4, 0.5) is 0 Å². The number of nitrogens with zero attached hydrogens (tertiary/aromatic N) is 1. The van der Waals surface area contributed by atoms with E-state index in [-0.39, 0.29) is 41.3 Å². The number of carbonyl (C=O) groups excluding carboxylic acids is 3. The predicted octanol–water partition coefficient (Wildman–Crippen LogP) is 3.33. The summed E-state index contributed by atoms with van der Waals surface area (Å²) in [7, 11) is 2.08. The lowest BCUT2D eigenvalue weighted by Crippen LogP contribution is -2.61. The molecule has 1 heterocycles. The van der Waals surface area contributed by atoms with Gasteiger partial charge in [-0.25, -0.2) is 0 Å². The van der Waals surface area contributed by atoms with Crippen molar-refractivity contribution in [3.63, 3.8) is 0 Å². The summed E-state index contributed by atoms with van der Waals surface area (Å²) in [6, 6.07) is 16.6. The third-order valence-electron chi connectivity index (χ3n) is 7.09. The Morgan fingerprint density at radius 1 is 1.03 bits per heavy atom. The van der Waals surface area contributed by atoms with E-state index in [4.69, 9.17) is 9.47 Å². The predicted molar refractivity (Wildman–Crippen MR) is 128 cm³/mol. The molecule has 34 heavy (non-hydrogen) atoms. The zero-order chi connectivity index (χ0) is 24.3. The van der Waals surface area contributed by atoms with E-state index in [0.29, 0.717) is 24.2 Å². The van der Waals surface area contributed by atoms with Crippen molar-refractivity contribution in [1.29, 1.82) is 0 Å². The third kappa shape index (κ3) is 5.14. The van der Waals surface area contributed by atoms with Gasteiger partial charge in [0.15, 0.2) is 0 Å². The number of carbonyl (C=O) groups is 3.